The van der Waals surface area contributed by atoms with Crippen LogP contribution in [0, 0.1) is 0 Å². The van der Waals surface area contributed by atoms with Gasteiger partial charge in [0.15, 0.2) is 0 Å². The zero-order valence-electron chi connectivity index (χ0n) is 20.2. The molecule has 1 N–H and O–H groups in total. The summed E-state index contributed by atoms with van der Waals surface area (Å²) >= 11 is 5.89. The van der Waals surface area contributed by atoms with Gasteiger partial charge in [-0.3, -0.25) is 4.79 Å². The fourth-order valence-corrected chi connectivity index (χ4v) is 4.86. The van der Waals surface area contributed by atoms with Gasteiger partial charge in [0.25, 0.3) is 5.91 Å². The highest BCUT2D eigenvalue weighted by atomic mass is 35.5. The van der Waals surface area contributed by atoms with Gasteiger partial charge in [-0.1, -0.05) is 29.8 Å². The topological polar surface area (TPSA) is 84.9 Å². The first kappa shape index (κ1) is 26.2. The minimum atomic E-state index is -3.78. The molecule has 37 heavy (non-hydrogen) atoms. The Morgan fingerprint density at radius 3 is 2.19 bits per heavy atom. The first-order valence-electron chi connectivity index (χ1n) is 11.3. The van der Waals surface area contributed by atoms with Crippen molar-refractivity contribution in [3.05, 3.63) is 113 Å². The number of amides is 1. The summed E-state index contributed by atoms with van der Waals surface area (Å²) in [5, 5.41) is 3.29. The monoisotopic (exact) mass is 536 g/mol. The second kappa shape index (κ2) is 11.5. The summed E-state index contributed by atoms with van der Waals surface area (Å²) in [6.45, 7) is 0.000769. The van der Waals surface area contributed by atoms with E-state index in [4.69, 9.17) is 21.1 Å². The zero-order chi connectivity index (χ0) is 26.4. The van der Waals surface area contributed by atoms with Crippen LogP contribution >= 0.6 is 11.6 Å². The number of anilines is 1. The Bertz CT molecular complexity index is 1480. The quantitative estimate of drug-likeness (QED) is 0.275. The van der Waals surface area contributed by atoms with Gasteiger partial charge in [0.05, 0.1) is 12.0 Å². The van der Waals surface area contributed by atoms with Crippen LogP contribution in [0.1, 0.15) is 15.9 Å². The first-order valence-corrected chi connectivity index (χ1v) is 13.1. The Kier molecular flexibility index (Phi) is 8.13. The van der Waals surface area contributed by atoms with E-state index in [0.717, 1.165) is 0 Å². The van der Waals surface area contributed by atoms with Gasteiger partial charge in [-0.05, 0) is 78.9 Å². The van der Waals surface area contributed by atoms with Crippen LogP contribution in [0.4, 0.5) is 5.69 Å². The lowest BCUT2D eigenvalue weighted by Gasteiger charge is -2.19. The van der Waals surface area contributed by atoms with E-state index in [1.54, 1.807) is 42.5 Å². The van der Waals surface area contributed by atoms with Crippen molar-refractivity contribution < 1.29 is 22.7 Å². The average Bonchev–Trinajstić information content (AvgIpc) is 2.90. The SMILES string of the molecule is COc1ccc(C(=O)Nc2ccc(Oc3ccccc3)cc2)cc1CN(C)S(=O)(=O)c1ccc(Cl)cc1. The first-order chi connectivity index (χ1) is 17.8. The van der Waals surface area contributed by atoms with Crippen LogP contribution in [0.15, 0.2) is 102 Å². The Balaban J connectivity index is 1.47. The van der Waals surface area contributed by atoms with Crippen LogP contribution in [0.2, 0.25) is 5.02 Å². The molecule has 0 bridgehead atoms. The fourth-order valence-electron chi connectivity index (χ4n) is 3.59. The number of methoxy groups -OCH3 is 1. The fraction of sp³-hybridized carbons (Fsp3) is 0.107. The number of ether oxygens (including phenoxy) is 2. The summed E-state index contributed by atoms with van der Waals surface area (Å²) in [4.78, 5) is 13.1. The predicted octanol–water partition coefficient (Wildman–Crippen LogP) is 6.21. The molecule has 0 heterocycles. The van der Waals surface area contributed by atoms with Crippen LogP contribution in [-0.4, -0.2) is 32.8 Å². The number of carbonyl (C=O) groups excluding carboxylic acids is 1. The standard InChI is InChI=1S/C28H25ClN2O5S/c1-31(37(33,34)26-15-9-22(29)10-16-26)19-21-18-20(8-17-27(21)35-2)28(32)30-23-11-13-25(14-12-23)36-24-6-4-3-5-7-24/h3-18H,19H2,1-2H3,(H,30,32). The number of para-hydroxylation sites is 1. The van der Waals surface area contributed by atoms with Crippen LogP contribution in [0.5, 0.6) is 17.2 Å². The number of halogens is 1. The molecule has 0 saturated carbocycles. The molecule has 190 valence electrons. The van der Waals surface area contributed by atoms with Crippen LogP contribution in [0.3, 0.4) is 0 Å². The van der Waals surface area contributed by atoms with Gasteiger partial charge in [-0.2, -0.15) is 4.31 Å². The molecule has 4 rings (SSSR count). The number of carbonyl (C=O) groups is 1. The van der Waals surface area contributed by atoms with Crippen molar-refractivity contribution in [2.24, 2.45) is 0 Å². The highest BCUT2D eigenvalue weighted by Gasteiger charge is 2.23. The van der Waals surface area contributed by atoms with Crippen molar-refractivity contribution in [3.8, 4) is 17.2 Å². The second-order valence-corrected chi connectivity index (χ2v) is 10.6. The van der Waals surface area contributed by atoms with Crippen molar-refractivity contribution in [1.82, 2.24) is 4.31 Å². The number of hydrogen-bond acceptors (Lipinski definition) is 5. The van der Waals surface area contributed by atoms with Crippen molar-refractivity contribution in [2.45, 2.75) is 11.4 Å². The highest BCUT2D eigenvalue weighted by molar-refractivity contribution is 7.89. The molecule has 4 aromatic carbocycles. The van der Waals surface area contributed by atoms with E-state index in [1.165, 1.54) is 42.7 Å². The number of hydrogen-bond donors (Lipinski definition) is 1. The van der Waals surface area contributed by atoms with E-state index in [-0.39, 0.29) is 17.3 Å². The summed E-state index contributed by atoms with van der Waals surface area (Å²) in [5.74, 6) is 1.48. The molecule has 0 fully saturated rings. The molecule has 0 radical (unpaired) electrons. The third-order valence-corrected chi connectivity index (χ3v) is 7.62. The van der Waals surface area contributed by atoms with Crippen molar-refractivity contribution in [3.63, 3.8) is 0 Å². The second-order valence-electron chi connectivity index (χ2n) is 8.14. The smallest absolute Gasteiger partial charge is 0.255 e. The van der Waals surface area contributed by atoms with E-state index < -0.39 is 10.0 Å². The summed E-state index contributed by atoms with van der Waals surface area (Å²) in [5.41, 5.74) is 1.49. The lowest BCUT2D eigenvalue weighted by molar-refractivity contribution is 0.102. The molecule has 0 spiro atoms. The van der Waals surface area contributed by atoms with Gasteiger partial charge in [0.1, 0.15) is 17.2 Å². The molecule has 4 aromatic rings. The Labute approximate surface area is 221 Å². The maximum atomic E-state index is 13.0. The van der Waals surface area contributed by atoms with Gasteiger partial charge in [0, 0.05) is 35.4 Å². The third kappa shape index (κ3) is 6.48. The molecule has 9 heteroatoms. The van der Waals surface area contributed by atoms with E-state index in [0.29, 0.717) is 39.1 Å². The van der Waals surface area contributed by atoms with Gasteiger partial charge in [-0.15, -0.1) is 0 Å². The van der Waals surface area contributed by atoms with Crippen LogP contribution < -0.4 is 14.8 Å². The highest BCUT2D eigenvalue weighted by Crippen LogP contribution is 2.26. The maximum Gasteiger partial charge on any atom is 0.255 e. The van der Waals surface area contributed by atoms with Gasteiger partial charge >= 0.3 is 0 Å². The zero-order valence-corrected chi connectivity index (χ0v) is 21.8. The number of benzene rings is 4. The van der Waals surface area contributed by atoms with Gasteiger partial charge in [0.2, 0.25) is 10.0 Å². The van der Waals surface area contributed by atoms with E-state index in [2.05, 4.69) is 5.32 Å². The Hall–Kier alpha value is -3.85. The molecular weight excluding hydrogens is 512 g/mol. The number of sulfonamides is 1. The number of nitrogens with one attached hydrogen (secondary N) is 1. The molecule has 1 amide bonds. The molecular formula is C28H25ClN2O5S. The summed E-state index contributed by atoms with van der Waals surface area (Å²) in [6.07, 6.45) is 0. The maximum absolute atomic E-state index is 13.0. The lowest BCUT2D eigenvalue weighted by Crippen LogP contribution is -2.27. The minimum Gasteiger partial charge on any atom is -0.496 e. The molecule has 0 atom stereocenters. The van der Waals surface area contributed by atoms with Crippen LogP contribution in [-0.2, 0) is 16.6 Å². The summed E-state index contributed by atoms with van der Waals surface area (Å²) in [6, 6.07) is 27.2. The normalized spacial score (nSPS) is 11.2. The predicted molar refractivity (Wildman–Crippen MR) is 144 cm³/mol. The lowest BCUT2D eigenvalue weighted by atomic mass is 10.1. The summed E-state index contributed by atoms with van der Waals surface area (Å²) in [7, 11) is -0.822. The molecule has 0 aliphatic carbocycles. The number of nitrogens with zero attached hydrogens (tertiary/aromatic N) is 1. The third-order valence-electron chi connectivity index (χ3n) is 5.55. The van der Waals surface area contributed by atoms with Gasteiger partial charge < -0.3 is 14.8 Å². The largest absolute Gasteiger partial charge is 0.496 e. The van der Waals surface area contributed by atoms with E-state index in [1.807, 2.05) is 30.3 Å². The van der Waals surface area contributed by atoms with Crippen molar-refractivity contribution in [2.75, 3.05) is 19.5 Å². The molecule has 0 aromatic heterocycles. The van der Waals surface area contributed by atoms with Crippen molar-refractivity contribution >= 4 is 33.2 Å². The van der Waals surface area contributed by atoms with Crippen LogP contribution in [0.25, 0.3) is 0 Å². The minimum absolute atomic E-state index is 0.000769. The molecule has 0 aliphatic rings. The summed E-state index contributed by atoms with van der Waals surface area (Å²) < 4.78 is 38.4. The van der Waals surface area contributed by atoms with E-state index in [9.17, 15) is 13.2 Å². The molecule has 0 unspecified atom stereocenters. The van der Waals surface area contributed by atoms with E-state index >= 15 is 0 Å². The average molecular weight is 537 g/mol. The molecule has 7 nitrogen and oxygen atoms in total. The molecule has 0 aliphatic heterocycles. The Morgan fingerprint density at radius 2 is 1.54 bits per heavy atom. The Morgan fingerprint density at radius 1 is 0.892 bits per heavy atom. The van der Waals surface area contributed by atoms with Gasteiger partial charge in [-0.25, -0.2) is 8.42 Å². The van der Waals surface area contributed by atoms with Crippen molar-refractivity contribution in [1.29, 1.82) is 0 Å². The molecule has 0 saturated heterocycles. The number of rotatable bonds is 9.